The summed E-state index contributed by atoms with van der Waals surface area (Å²) in [6.07, 6.45) is 4.44. The third-order valence-electron chi connectivity index (χ3n) is 4.94. The number of unbranched alkanes of at least 4 members (excludes halogenated alkanes) is 1. The van der Waals surface area contributed by atoms with E-state index in [9.17, 15) is 4.79 Å². The van der Waals surface area contributed by atoms with Crippen LogP contribution < -0.4 is 0 Å². The predicted molar refractivity (Wildman–Crippen MR) is 63.9 cm³/mol. The first kappa shape index (κ1) is 11.9. The van der Waals surface area contributed by atoms with Crippen LogP contribution in [0.5, 0.6) is 0 Å². The van der Waals surface area contributed by atoms with Crippen molar-refractivity contribution >= 4 is 5.97 Å². The van der Waals surface area contributed by atoms with E-state index < -0.39 is 0 Å². The zero-order chi connectivity index (χ0) is 11.7. The number of fused-ring (bicyclic) bond motifs is 2. The van der Waals surface area contributed by atoms with E-state index in [1.54, 1.807) is 0 Å². The predicted octanol–water partition coefficient (Wildman–Crippen LogP) is 3.26. The zero-order valence-corrected chi connectivity index (χ0v) is 10.7. The van der Waals surface area contributed by atoms with E-state index >= 15 is 0 Å². The summed E-state index contributed by atoms with van der Waals surface area (Å²) >= 11 is 0. The van der Waals surface area contributed by atoms with E-state index in [1.807, 2.05) is 0 Å². The monoisotopic (exact) mass is 224 g/mol. The minimum Gasteiger partial charge on any atom is -0.465 e. The summed E-state index contributed by atoms with van der Waals surface area (Å²) in [5, 5.41) is 0. The molecule has 2 fully saturated rings. The van der Waals surface area contributed by atoms with Crippen LogP contribution in [0.3, 0.4) is 0 Å². The average molecular weight is 224 g/mol. The molecule has 0 aromatic rings. The van der Waals surface area contributed by atoms with Crippen LogP contribution in [0, 0.1) is 29.6 Å². The Kier molecular flexibility index (Phi) is 3.56. The summed E-state index contributed by atoms with van der Waals surface area (Å²) < 4.78 is 5.36. The number of hydrogen-bond acceptors (Lipinski definition) is 2. The highest BCUT2D eigenvalue weighted by molar-refractivity contribution is 5.73. The molecule has 2 nitrogen and oxygen atoms in total. The van der Waals surface area contributed by atoms with E-state index in [1.165, 1.54) is 6.42 Å². The van der Waals surface area contributed by atoms with Crippen molar-refractivity contribution in [2.24, 2.45) is 29.6 Å². The number of esters is 1. The summed E-state index contributed by atoms with van der Waals surface area (Å²) in [6.45, 7) is 7.39. The van der Waals surface area contributed by atoms with Crippen LogP contribution >= 0.6 is 0 Å². The lowest BCUT2D eigenvalue weighted by Gasteiger charge is -2.30. The van der Waals surface area contributed by atoms with Gasteiger partial charge in [-0.25, -0.2) is 0 Å². The molecule has 0 radical (unpaired) electrons. The van der Waals surface area contributed by atoms with Gasteiger partial charge in [0.15, 0.2) is 0 Å². The molecule has 2 saturated carbocycles. The summed E-state index contributed by atoms with van der Waals surface area (Å²) in [6, 6.07) is 0. The molecular weight excluding hydrogens is 200 g/mol. The number of rotatable bonds is 4. The summed E-state index contributed by atoms with van der Waals surface area (Å²) in [5.74, 6) is 3.21. The lowest BCUT2D eigenvalue weighted by Crippen LogP contribution is -2.31. The number of carbonyl (C=O) groups excluding carboxylic acids is 1. The SMILES string of the molecule is CCCCOC(=O)C1CC2CC1C(C)C2C. The van der Waals surface area contributed by atoms with Gasteiger partial charge in [-0.15, -0.1) is 0 Å². The first-order valence-corrected chi connectivity index (χ1v) is 6.81. The molecule has 2 rings (SSSR count). The Morgan fingerprint density at radius 1 is 1.25 bits per heavy atom. The van der Waals surface area contributed by atoms with Gasteiger partial charge in [0, 0.05) is 0 Å². The van der Waals surface area contributed by atoms with Gasteiger partial charge in [0.05, 0.1) is 12.5 Å². The Labute approximate surface area is 98.7 Å². The Morgan fingerprint density at radius 3 is 2.56 bits per heavy atom. The van der Waals surface area contributed by atoms with Crippen molar-refractivity contribution in [2.75, 3.05) is 6.61 Å². The lowest BCUT2D eigenvalue weighted by atomic mass is 9.76. The van der Waals surface area contributed by atoms with Crippen LogP contribution in [0.25, 0.3) is 0 Å². The normalized spacial score (nSPS) is 41.3. The largest absolute Gasteiger partial charge is 0.465 e. The smallest absolute Gasteiger partial charge is 0.309 e. The van der Waals surface area contributed by atoms with Gasteiger partial charge in [0.1, 0.15) is 0 Å². The van der Waals surface area contributed by atoms with Crippen LogP contribution in [-0.2, 0) is 9.53 Å². The second-order valence-electron chi connectivity index (χ2n) is 5.74. The first-order valence-electron chi connectivity index (χ1n) is 6.81. The molecule has 2 heteroatoms. The quantitative estimate of drug-likeness (QED) is 0.541. The van der Waals surface area contributed by atoms with Crippen molar-refractivity contribution in [3.05, 3.63) is 0 Å². The minimum absolute atomic E-state index is 0.0831. The fourth-order valence-electron chi connectivity index (χ4n) is 3.64. The second kappa shape index (κ2) is 4.77. The maximum absolute atomic E-state index is 11.9. The van der Waals surface area contributed by atoms with E-state index in [-0.39, 0.29) is 11.9 Å². The van der Waals surface area contributed by atoms with Gasteiger partial charge in [-0.2, -0.15) is 0 Å². The van der Waals surface area contributed by atoms with Crippen LogP contribution in [0.1, 0.15) is 46.5 Å². The third kappa shape index (κ3) is 1.99. The Bertz CT molecular complexity index is 259. The van der Waals surface area contributed by atoms with Crippen molar-refractivity contribution in [3.8, 4) is 0 Å². The Balaban J connectivity index is 1.86. The van der Waals surface area contributed by atoms with Gasteiger partial charge in [-0.05, 0) is 42.9 Å². The Hall–Kier alpha value is -0.530. The summed E-state index contributed by atoms with van der Waals surface area (Å²) in [4.78, 5) is 11.9. The van der Waals surface area contributed by atoms with Gasteiger partial charge >= 0.3 is 5.97 Å². The van der Waals surface area contributed by atoms with Crippen LogP contribution in [0.15, 0.2) is 0 Å². The fourth-order valence-corrected chi connectivity index (χ4v) is 3.64. The van der Waals surface area contributed by atoms with Crippen LogP contribution in [0.2, 0.25) is 0 Å². The van der Waals surface area contributed by atoms with E-state index in [0.29, 0.717) is 18.4 Å². The highest BCUT2D eigenvalue weighted by Gasteiger charge is 2.51. The molecule has 0 aromatic heterocycles. The zero-order valence-electron chi connectivity index (χ0n) is 10.7. The summed E-state index contributed by atoms with van der Waals surface area (Å²) in [5.41, 5.74) is 0. The van der Waals surface area contributed by atoms with Crippen molar-refractivity contribution in [1.29, 1.82) is 0 Å². The molecule has 0 spiro atoms. The van der Waals surface area contributed by atoms with Gasteiger partial charge in [0.25, 0.3) is 0 Å². The molecule has 92 valence electrons. The van der Waals surface area contributed by atoms with Crippen molar-refractivity contribution < 1.29 is 9.53 Å². The summed E-state index contributed by atoms with van der Waals surface area (Å²) in [7, 11) is 0. The molecular formula is C14H24O2. The van der Waals surface area contributed by atoms with Crippen LogP contribution in [-0.4, -0.2) is 12.6 Å². The molecule has 0 aromatic carbocycles. The molecule has 0 heterocycles. The molecule has 16 heavy (non-hydrogen) atoms. The molecule has 0 N–H and O–H groups in total. The molecule has 0 saturated heterocycles. The number of hydrogen-bond donors (Lipinski definition) is 0. The fraction of sp³-hybridized carbons (Fsp3) is 0.929. The Morgan fingerprint density at radius 2 is 2.00 bits per heavy atom. The molecule has 2 aliphatic rings. The second-order valence-corrected chi connectivity index (χ2v) is 5.74. The van der Waals surface area contributed by atoms with Crippen LogP contribution in [0.4, 0.5) is 0 Å². The van der Waals surface area contributed by atoms with Gasteiger partial charge in [0.2, 0.25) is 0 Å². The highest BCUT2D eigenvalue weighted by atomic mass is 16.5. The molecule has 5 unspecified atom stereocenters. The van der Waals surface area contributed by atoms with Gasteiger partial charge < -0.3 is 4.74 Å². The minimum atomic E-state index is 0.0831. The molecule has 0 amide bonds. The maximum Gasteiger partial charge on any atom is 0.309 e. The van der Waals surface area contributed by atoms with Crippen molar-refractivity contribution in [2.45, 2.75) is 46.5 Å². The maximum atomic E-state index is 11.9. The molecule has 5 atom stereocenters. The average Bonchev–Trinajstić information content (AvgIpc) is 2.80. The van der Waals surface area contributed by atoms with E-state index in [2.05, 4.69) is 20.8 Å². The number of ether oxygens (including phenoxy) is 1. The molecule has 0 aliphatic heterocycles. The standard InChI is InChI=1S/C14H24O2/c1-4-5-6-16-14(15)13-8-11-7-12(13)10(3)9(11)2/h9-13H,4-8H2,1-3H3. The van der Waals surface area contributed by atoms with Gasteiger partial charge in [-0.1, -0.05) is 27.2 Å². The third-order valence-corrected chi connectivity index (χ3v) is 4.94. The number of carbonyl (C=O) groups is 1. The highest BCUT2D eigenvalue weighted by Crippen LogP contribution is 2.55. The lowest BCUT2D eigenvalue weighted by molar-refractivity contribution is -0.151. The first-order chi connectivity index (χ1) is 7.65. The van der Waals surface area contributed by atoms with Crippen molar-refractivity contribution in [3.63, 3.8) is 0 Å². The molecule has 2 bridgehead atoms. The molecule has 2 aliphatic carbocycles. The van der Waals surface area contributed by atoms with E-state index in [4.69, 9.17) is 4.74 Å². The topological polar surface area (TPSA) is 26.3 Å². The van der Waals surface area contributed by atoms with Gasteiger partial charge in [-0.3, -0.25) is 4.79 Å². The van der Waals surface area contributed by atoms with E-state index in [0.717, 1.165) is 31.1 Å². The van der Waals surface area contributed by atoms with Crippen molar-refractivity contribution in [1.82, 2.24) is 0 Å².